The van der Waals surface area contributed by atoms with E-state index in [1.54, 1.807) is 6.07 Å². The smallest absolute Gasteiger partial charge is 0.189 e. The van der Waals surface area contributed by atoms with E-state index in [9.17, 15) is 4.39 Å². The van der Waals surface area contributed by atoms with Crippen LogP contribution in [-0.2, 0) is 0 Å². The van der Waals surface area contributed by atoms with Crippen LogP contribution in [0.1, 0.15) is 24.7 Å². The Balaban J connectivity index is 0.00000133. The fourth-order valence-electron chi connectivity index (χ4n) is 2.50. The average molecular weight is 284 g/mol. The molecule has 1 unspecified atom stereocenters. The van der Waals surface area contributed by atoms with Crippen LogP contribution in [0.4, 0.5) is 4.39 Å². The predicted octanol–water partition coefficient (Wildman–Crippen LogP) is 2.15. The second-order valence-corrected chi connectivity index (χ2v) is 4.52. The van der Waals surface area contributed by atoms with Crippen molar-refractivity contribution in [3.63, 3.8) is 0 Å². The summed E-state index contributed by atoms with van der Waals surface area (Å²) in [6, 6.07) is 4.48. The molecule has 1 aliphatic rings. The summed E-state index contributed by atoms with van der Waals surface area (Å²) in [5.41, 5.74) is 6.97. The Bertz CT molecular complexity index is 611. The van der Waals surface area contributed by atoms with Crippen LogP contribution in [-0.4, -0.2) is 27.4 Å². The molecule has 0 spiro atoms. The molecule has 5 nitrogen and oxygen atoms in total. The molecule has 7 heteroatoms. The van der Waals surface area contributed by atoms with E-state index in [1.807, 2.05) is 4.90 Å². The van der Waals surface area contributed by atoms with Gasteiger partial charge >= 0.3 is 0 Å². The highest BCUT2D eigenvalue weighted by Gasteiger charge is 2.29. The Labute approximate surface area is 115 Å². The van der Waals surface area contributed by atoms with Crippen LogP contribution < -0.4 is 5.73 Å². The Morgan fingerprint density at radius 2 is 2.32 bits per heavy atom. The van der Waals surface area contributed by atoms with Crippen molar-refractivity contribution >= 4 is 29.4 Å². The average Bonchev–Trinajstić information content (AvgIpc) is 2.93. The Morgan fingerprint density at radius 3 is 3.05 bits per heavy atom. The Kier molecular flexibility index (Phi) is 3.61. The standard InChI is InChI=1S/C12H14FN5.ClH/c13-7-3-4-8-9(6-7)17-11(16-8)10-2-1-5-18(10)12(14)15;/h3-4,6,10H,1-2,5H2,(H3,14,15)(H,16,17);1H. The normalized spacial score (nSPS) is 18.6. The van der Waals surface area contributed by atoms with Gasteiger partial charge in [0.05, 0.1) is 17.1 Å². The maximum Gasteiger partial charge on any atom is 0.189 e. The zero-order valence-electron chi connectivity index (χ0n) is 10.2. The number of guanidine groups is 1. The number of imidazole rings is 1. The minimum atomic E-state index is -0.296. The molecule has 0 amide bonds. The van der Waals surface area contributed by atoms with Crippen molar-refractivity contribution in [2.24, 2.45) is 5.73 Å². The summed E-state index contributed by atoms with van der Waals surface area (Å²) < 4.78 is 13.1. The first-order valence-electron chi connectivity index (χ1n) is 5.91. The molecule has 0 radical (unpaired) electrons. The third kappa shape index (κ3) is 2.35. The maximum absolute atomic E-state index is 13.1. The van der Waals surface area contributed by atoms with Gasteiger partial charge in [-0.15, -0.1) is 12.4 Å². The van der Waals surface area contributed by atoms with Gasteiger partial charge in [0.25, 0.3) is 0 Å². The zero-order chi connectivity index (χ0) is 12.7. The molecule has 3 rings (SSSR count). The van der Waals surface area contributed by atoms with Gasteiger partial charge in [0.1, 0.15) is 11.6 Å². The van der Waals surface area contributed by atoms with E-state index in [1.165, 1.54) is 12.1 Å². The molecule has 0 aliphatic carbocycles. The molecule has 19 heavy (non-hydrogen) atoms. The van der Waals surface area contributed by atoms with Gasteiger partial charge in [-0.05, 0) is 25.0 Å². The first-order chi connectivity index (χ1) is 8.65. The van der Waals surface area contributed by atoms with Gasteiger partial charge in [0, 0.05) is 12.6 Å². The van der Waals surface area contributed by atoms with Gasteiger partial charge in [-0.25, -0.2) is 9.37 Å². The lowest BCUT2D eigenvalue weighted by Gasteiger charge is -2.22. The SMILES string of the molecule is Cl.N=C(N)N1CCCC1c1nc2cc(F)ccc2[nH]1. The number of benzene rings is 1. The summed E-state index contributed by atoms with van der Waals surface area (Å²) in [5, 5.41) is 7.54. The van der Waals surface area contributed by atoms with Crippen molar-refractivity contribution in [3.05, 3.63) is 29.8 Å². The van der Waals surface area contributed by atoms with Gasteiger partial charge in [0.15, 0.2) is 5.96 Å². The highest BCUT2D eigenvalue weighted by Crippen LogP contribution is 2.30. The molecular formula is C12H15ClFN5. The monoisotopic (exact) mass is 283 g/mol. The number of aromatic amines is 1. The van der Waals surface area contributed by atoms with E-state index in [0.717, 1.165) is 30.7 Å². The van der Waals surface area contributed by atoms with Crippen molar-refractivity contribution in [2.75, 3.05) is 6.54 Å². The molecule has 102 valence electrons. The second kappa shape index (κ2) is 5.05. The van der Waals surface area contributed by atoms with E-state index < -0.39 is 0 Å². The molecule has 4 N–H and O–H groups in total. The quantitative estimate of drug-likeness (QED) is 0.554. The van der Waals surface area contributed by atoms with Crippen LogP contribution in [0.5, 0.6) is 0 Å². The summed E-state index contributed by atoms with van der Waals surface area (Å²) in [6.45, 7) is 0.769. The van der Waals surface area contributed by atoms with E-state index in [4.69, 9.17) is 11.1 Å². The van der Waals surface area contributed by atoms with Crippen LogP contribution in [0.2, 0.25) is 0 Å². The number of H-pyrrole nitrogens is 1. The lowest BCUT2D eigenvalue weighted by molar-refractivity contribution is 0.380. The van der Waals surface area contributed by atoms with Crippen LogP contribution in [0.3, 0.4) is 0 Å². The molecule has 1 saturated heterocycles. The number of likely N-dealkylation sites (tertiary alicyclic amines) is 1. The van der Waals surface area contributed by atoms with Crippen LogP contribution >= 0.6 is 12.4 Å². The minimum Gasteiger partial charge on any atom is -0.370 e. The van der Waals surface area contributed by atoms with Crippen molar-refractivity contribution in [3.8, 4) is 0 Å². The number of rotatable bonds is 1. The van der Waals surface area contributed by atoms with Gasteiger partial charge in [0.2, 0.25) is 0 Å². The number of nitrogens with two attached hydrogens (primary N) is 1. The van der Waals surface area contributed by atoms with Crippen molar-refractivity contribution in [1.29, 1.82) is 5.41 Å². The molecular weight excluding hydrogens is 269 g/mol. The fraction of sp³-hybridized carbons (Fsp3) is 0.333. The van der Waals surface area contributed by atoms with E-state index in [2.05, 4.69) is 9.97 Å². The van der Waals surface area contributed by atoms with Crippen LogP contribution in [0, 0.1) is 11.2 Å². The molecule has 1 aromatic carbocycles. The Hall–Kier alpha value is -1.82. The molecule has 1 aromatic heterocycles. The molecule has 1 fully saturated rings. The largest absolute Gasteiger partial charge is 0.370 e. The van der Waals surface area contributed by atoms with Crippen molar-refractivity contribution in [1.82, 2.24) is 14.9 Å². The molecule has 0 bridgehead atoms. The van der Waals surface area contributed by atoms with Crippen LogP contribution in [0.25, 0.3) is 11.0 Å². The number of hydrogen-bond donors (Lipinski definition) is 3. The number of hydrogen-bond acceptors (Lipinski definition) is 2. The third-order valence-electron chi connectivity index (χ3n) is 3.34. The summed E-state index contributed by atoms with van der Waals surface area (Å²) >= 11 is 0. The van der Waals surface area contributed by atoms with E-state index >= 15 is 0 Å². The topological polar surface area (TPSA) is 81.8 Å². The first-order valence-corrected chi connectivity index (χ1v) is 5.91. The first kappa shape index (κ1) is 13.6. The Morgan fingerprint density at radius 1 is 1.53 bits per heavy atom. The summed E-state index contributed by atoms with van der Waals surface area (Å²) in [5.74, 6) is 0.517. The molecule has 1 atom stereocenters. The van der Waals surface area contributed by atoms with Gasteiger partial charge in [-0.3, -0.25) is 5.41 Å². The third-order valence-corrected chi connectivity index (χ3v) is 3.34. The maximum atomic E-state index is 13.1. The number of aromatic nitrogens is 2. The molecule has 1 aliphatic heterocycles. The minimum absolute atomic E-state index is 0. The van der Waals surface area contributed by atoms with Gasteiger partial charge < -0.3 is 15.6 Å². The lowest BCUT2D eigenvalue weighted by atomic mass is 10.2. The van der Waals surface area contributed by atoms with Gasteiger partial charge in [-0.2, -0.15) is 0 Å². The summed E-state index contributed by atoms with van der Waals surface area (Å²) in [7, 11) is 0. The highest BCUT2D eigenvalue weighted by molar-refractivity contribution is 5.85. The number of nitrogens with zero attached hydrogens (tertiary/aromatic N) is 2. The predicted molar refractivity (Wildman–Crippen MR) is 73.9 cm³/mol. The zero-order valence-corrected chi connectivity index (χ0v) is 11.0. The van der Waals surface area contributed by atoms with Crippen LogP contribution in [0.15, 0.2) is 18.2 Å². The van der Waals surface area contributed by atoms with E-state index in [0.29, 0.717) is 5.52 Å². The number of fused-ring (bicyclic) bond motifs is 1. The van der Waals surface area contributed by atoms with E-state index in [-0.39, 0.29) is 30.2 Å². The summed E-state index contributed by atoms with van der Waals surface area (Å²) in [6.07, 6.45) is 1.89. The summed E-state index contributed by atoms with van der Waals surface area (Å²) in [4.78, 5) is 9.39. The molecule has 2 aromatic rings. The second-order valence-electron chi connectivity index (χ2n) is 4.52. The molecule has 0 saturated carbocycles. The van der Waals surface area contributed by atoms with Gasteiger partial charge in [-0.1, -0.05) is 0 Å². The lowest BCUT2D eigenvalue weighted by Crippen LogP contribution is -2.36. The fourth-order valence-corrected chi connectivity index (χ4v) is 2.50. The number of halogens is 2. The van der Waals surface area contributed by atoms with Crippen molar-refractivity contribution < 1.29 is 4.39 Å². The number of nitrogens with one attached hydrogen (secondary N) is 2. The molecule has 2 heterocycles. The van der Waals surface area contributed by atoms with Crippen molar-refractivity contribution in [2.45, 2.75) is 18.9 Å². The highest BCUT2D eigenvalue weighted by atomic mass is 35.5.